The standard InChI is InChI=1S/C15H11NO4S/c1-2-8-7-11-12(15(18)13(8)16(19)20)14(17)9-5-3-4-6-10(9)21-11/h3-7,13H,2H2,1H3. The van der Waals surface area contributed by atoms with Gasteiger partial charge in [-0.15, -0.1) is 11.3 Å². The molecule has 1 aromatic heterocycles. The molecule has 0 saturated heterocycles. The van der Waals surface area contributed by atoms with Crippen molar-refractivity contribution < 1.29 is 9.72 Å². The zero-order valence-corrected chi connectivity index (χ0v) is 12.0. The highest BCUT2D eigenvalue weighted by atomic mass is 32.1. The lowest BCUT2D eigenvalue weighted by atomic mass is 9.90. The fraction of sp³-hybridized carbons (Fsp3) is 0.200. The lowest BCUT2D eigenvalue weighted by molar-refractivity contribution is -0.495. The molecule has 1 aromatic carbocycles. The van der Waals surface area contributed by atoms with Crippen molar-refractivity contribution in [3.05, 3.63) is 60.6 Å². The molecule has 0 aliphatic heterocycles. The van der Waals surface area contributed by atoms with Crippen molar-refractivity contribution >= 4 is 33.3 Å². The first-order valence-corrected chi connectivity index (χ1v) is 7.30. The van der Waals surface area contributed by atoms with E-state index < -0.39 is 22.2 Å². The van der Waals surface area contributed by atoms with Gasteiger partial charge in [-0.1, -0.05) is 19.1 Å². The lowest BCUT2D eigenvalue weighted by Gasteiger charge is -2.17. The summed E-state index contributed by atoms with van der Waals surface area (Å²) < 4.78 is 0.778. The highest BCUT2D eigenvalue weighted by molar-refractivity contribution is 7.19. The SMILES string of the molecule is CCC1=Cc2sc3ccccc3c(=O)c2C(=O)C1[N+](=O)[O-]. The molecule has 0 amide bonds. The fourth-order valence-corrected chi connectivity index (χ4v) is 3.73. The van der Waals surface area contributed by atoms with Crippen molar-refractivity contribution in [2.45, 2.75) is 19.4 Å². The highest BCUT2D eigenvalue weighted by Gasteiger charge is 2.40. The van der Waals surface area contributed by atoms with E-state index in [1.54, 1.807) is 25.1 Å². The van der Waals surface area contributed by atoms with Gasteiger partial charge in [-0.25, -0.2) is 0 Å². The van der Waals surface area contributed by atoms with Crippen LogP contribution < -0.4 is 5.43 Å². The van der Waals surface area contributed by atoms with Gasteiger partial charge in [0.05, 0.1) is 5.56 Å². The molecule has 1 heterocycles. The number of fused-ring (bicyclic) bond motifs is 2. The first-order chi connectivity index (χ1) is 10.0. The Bertz CT molecular complexity index is 866. The molecule has 0 fully saturated rings. The maximum atomic E-state index is 12.5. The van der Waals surface area contributed by atoms with Crippen molar-refractivity contribution in [3.63, 3.8) is 0 Å². The molecule has 2 aromatic rings. The minimum Gasteiger partial charge on any atom is -0.288 e. The van der Waals surface area contributed by atoms with Crippen molar-refractivity contribution in [2.75, 3.05) is 0 Å². The third-order valence-electron chi connectivity index (χ3n) is 3.61. The number of benzene rings is 1. The molecule has 0 spiro atoms. The summed E-state index contributed by atoms with van der Waals surface area (Å²) in [6, 6.07) is 5.56. The third-order valence-corrected chi connectivity index (χ3v) is 4.72. The monoisotopic (exact) mass is 301 g/mol. The largest absolute Gasteiger partial charge is 0.296 e. The summed E-state index contributed by atoms with van der Waals surface area (Å²) in [6.07, 6.45) is 2.03. The zero-order valence-electron chi connectivity index (χ0n) is 11.2. The molecule has 3 rings (SSSR count). The van der Waals surface area contributed by atoms with Crippen LogP contribution in [-0.4, -0.2) is 16.7 Å². The van der Waals surface area contributed by atoms with E-state index in [1.807, 2.05) is 12.1 Å². The van der Waals surface area contributed by atoms with Crippen LogP contribution in [-0.2, 0) is 0 Å². The van der Waals surface area contributed by atoms with Crippen molar-refractivity contribution in [2.24, 2.45) is 0 Å². The normalized spacial score (nSPS) is 17.5. The van der Waals surface area contributed by atoms with E-state index in [0.717, 1.165) is 4.70 Å². The minimum atomic E-state index is -1.43. The Kier molecular flexibility index (Phi) is 3.17. The van der Waals surface area contributed by atoms with Crippen LogP contribution in [0.4, 0.5) is 0 Å². The summed E-state index contributed by atoms with van der Waals surface area (Å²) in [7, 11) is 0. The van der Waals surface area contributed by atoms with Gasteiger partial charge in [0.2, 0.25) is 5.78 Å². The Labute approximate surface area is 123 Å². The molecule has 21 heavy (non-hydrogen) atoms. The number of nitrogens with zero attached hydrogens (tertiary/aromatic N) is 1. The average Bonchev–Trinajstić information content (AvgIpc) is 2.46. The topological polar surface area (TPSA) is 77.3 Å². The molecule has 1 aliphatic carbocycles. The number of carbonyl (C=O) groups excluding carboxylic acids is 1. The smallest absolute Gasteiger partial charge is 0.288 e. The summed E-state index contributed by atoms with van der Waals surface area (Å²) >= 11 is 1.32. The van der Waals surface area contributed by atoms with Crippen LogP contribution in [0.5, 0.6) is 0 Å². The molecular weight excluding hydrogens is 290 g/mol. The number of hydrogen-bond donors (Lipinski definition) is 0. The van der Waals surface area contributed by atoms with E-state index in [9.17, 15) is 19.7 Å². The second kappa shape index (κ2) is 4.89. The maximum absolute atomic E-state index is 12.5. The fourth-order valence-electron chi connectivity index (χ4n) is 2.57. The summed E-state index contributed by atoms with van der Waals surface area (Å²) in [5.41, 5.74) is -0.0105. The van der Waals surface area contributed by atoms with Gasteiger partial charge in [-0.3, -0.25) is 19.7 Å². The molecule has 1 unspecified atom stereocenters. The van der Waals surface area contributed by atoms with E-state index >= 15 is 0 Å². The van der Waals surface area contributed by atoms with Crippen LogP contribution >= 0.6 is 11.3 Å². The second-order valence-corrected chi connectivity index (χ2v) is 5.88. The first-order valence-electron chi connectivity index (χ1n) is 6.48. The van der Waals surface area contributed by atoms with E-state index in [-0.39, 0.29) is 5.56 Å². The minimum absolute atomic E-state index is 0.0439. The Morgan fingerprint density at radius 3 is 2.67 bits per heavy atom. The van der Waals surface area contributed by atoms with E-state index in [1.165, 1.54) is 11.3 Å². The summed E-state index contributed by atoms with van der Waals surface area (Å²) in [5.74, 6) is -0.693. The van der Waals surface area contributed by atoms with Gasteiger partial charge in [0.1, 0.15) is 0 Å². The second-order valence-electron chi connectivity index (χ2n) is 4.79. The van der Waals surface area contributed by atoms with Crippen molar-refractivity contribution in [3.8, 4) is 0 Å². The highest BCUT2D eigenvalue weighted by Crippen LogP contribution is 2.31. The Morgan fingerprint density at radius 2 is 2.00 bits per heavy atom. The third kappa shape index (κ3) is 1.99. The Hall–Kier alpha value is -2.34. The first kappa shape index (κ1) is 13.6. The molecule has 6 heteroatoms. The number of ketones is 1. The van der Waals surface area contributed by atoms with Gasteiger partial charge >= 0.3 is 0 Å². The van der Waals surface area contributed by atoms with Crippen LogP contribution in [0.15, 0.2) is 34.6 Å². The number of hydrogen-bond acceptors (Lipinski definition) is 5. The van der Waals surface area contributed by atoms with Gasteiger partial charge in [-0.2, -0.15) is 0 Å². The Morgan fingerprint density at radius 1 is 1.29 bits per heavy atom. The van der Waals surface area contributed by atoms with E-state index in [0.29, 0.717) is 22.3 Å². The van der Waals surface area contributed by atoms with Gasteiger partial charge in [0.15, 0.2) is 5.43 Å². The average molecular weight is 301 g/mol. The quantitative estimate of drug-likeness (QED) is 0.631. The number of nitro groups is 1. The van der Waals surface area contributed by atoms with Crippen LogP contribution in [0.2, 0.25) is 0 Å². The summed E-state index contributed by atoms with van der Waals surface area (Å²) in [4.78, 5) is 36.0. The predicted molar refractivity (Wildman–Crippen MR) is 81.5 cm³/mol. The molecule has 0 radical (unpaired) electrons. The van der Waals surface area contributed by atoms with Crippen LogP contribution in [0.3, 0.4) is 0 Å². The van der Waals surface area contributed by atoms with E-state index in [4.69, 9.17) is 0 Å². The molecule has 0 saturated carbocycles. The summed E-state index contributed by atoms with van der Waals surface area (Å²) in [6.45, 7) is 1.77. The molecule has 1 atom stereocenters. The molecule has 1 aliphatic rings. The van der Waals surface area contributed by atoms with E-state index in [2.05, 4.69) is 0 Å². The molecule has 0 N–H and O–H groups in total. The molecule has 106 valence electrons. The number of Topliss-reactive ketones (excluding diaryl/α,β-unsaturated/α-hetero) is 1. The van der Waals surface area contributed by atoms with Gasteiger partial charge in [0.25, 0.3) is 6.04 Å². The maximum Gasteiger partial charge on any atom is 0.296 e. The molecule has 5 nitrogen and oxygen atoms in total. The predicted octanol–water partition coefficient (Wildman–Crippen LogP) is 2.90. The van der Waals surface area contributed by atoms with Crippen LogP contribution in [0.1, 0.15) is 28.6 Å². The van der Waals surface area contributed by atoms with Gasteiger partial charge in [-0.05, 0) is 24.6 Å². The van der Waals surface area contributed by atoms with Gasteiger partial charge in [0, 0.05) is 25.5 Å². The molecular formula is C15H11NO4S. The van der Waals surface area contributed by atoms with Crippen molar-refractivity contribution in [1.29, 1.82) is 0 Å². The number of rotatable bonds is 2. The molecule has 0 bridgehead atoms. The summed E-state index contributed by atoms with van der Waals surface area (Å²) in [5, 5.41) is 11.6. The zero-order chi connectivity index (χ0) is 15.1. The Balaban J connectivity index is 2.38. The van der Waals surface area contributed by atoms with Crippen molar-refractivity contribution in [1.82, 2.24) is 0 Å². The van der Waals surface area contributed by atoms with Crippen LogP contribution in [0, 0.1) is 10.1 Å². The van der Waals surface area contributed by atoms with Crippen LogP contribution in [0.25, 0.3) is 16.2 Å². The van der Waals surface area contributed by atoms with Gasteiger partial charge < -0.3 is 0 Å². The lowest BCUT2D eigenvalue weighted by Crippen LogP contribution is -2.37. The number of carbonyl (C=O) groups is 1.